The average molecular weight is 478 g/mol. The number of benzene rings is 1. The summed E-state index contributed by atoms with van der Waals surface area (Å²) in [5.41, 5.74) is 3.43. The molecule has 6 nitrogen and oxygen atoms in total. The Balaban J connectivity index is 1.42. The van der Waals surface area contributed by atoms with Crippen molar-refractivity contribution in [2.45, 2.75) is 40.3 Å². The van der Waals surface area contributed by atoms with Crippen molar-refractivity contribution in [3.8, 4) is 5.13 Å². The molecule has 1 amide bonds. The van der Waals surface area contributed by atoms with E-state index in [1.165, 1.54) is 12.1 Å². The standard InChI is InChI=1S/C23H26F3N5OS/c1-14-17(4)33-22(27-14)31-16(3)20(15(2)28-31)13-21(32)30-10-8-29(9-11-30)19-7-5-6-18(12-19)23(24,25)26/h5-7,12H,8-11,13H2,1-4H3. The van der Waals surface area contributed by atoms with E-state index in [4.69, 9.17) is 0 Å². The molecule has 0 radical (unpaired) electrons. The van der Waals surface area contributed by atoms with Crippen molar-refractivity contribution < 1.29 is 18.0 Å². The zero-order valence-corrected chi connectivity index (χ0v) is 19.8. The predicted octanol–water partition coefficient (Wildman–Crippen LogP) is 4.47. The summed E-state index contributed by atoms with van der Waals surface area (Å²) in [5.74, 6) is -0.00376. The van der Waals surface area contributed by atoms with Crippen LogP contribution in [0.5, 0.6) is 0 Å². The Labute approximate surface area is 194 Å². The number of alkyl halides is 3. The van der Waals surface area contributed by atoms with Gasteiger partial charge in [0, 0.05) is 48.0 Å². The van der Waals surface area contributed by atoms with E-state index >= 15 is 0 Å². The normalized spacial score (nSPS) is 14.8. The molecule has 33 heavy (non-hydrogen) atoms. The smallest absolute Gasteiger partial charge is 0.368 e. The first-order valence-corrected chi connectivity index (χ1v) is 11.6. The molecular formula is C23H26F3N5OS. The number of aryl methyl sites for hydroxylation is 3. The third-order valence-corrected chi connectivity index (χ3v) is 7.19. The van der Waals surface area contributed by atoms with Crippen molar-refractivity contribution in [1.82, 2.24) is 19.7 Å². The SMILES string of the molecule is Cc1nc(-n2nc(C)c(CC(=O)N3CCN(c4cccc(C(F)(F)F)c4)CC3)c2C)sc1C. The molecule has 4 rings (SSSR count). The maximum Gasteiger partial charge on any atom is 0.416 e. The lowest BCUT2D eigenvalue weighted by molar-refractivity contribution is -0.137. The Morgan fingerprint density at radius 1 is 1.06 bits per heavy atom. The molecule has 1 aliphatic heterocycles. The first-order chi connectivity index (χ1) is 15.5. The lowest BCUT2D eigenvalue weighted by Crippen LogP contribution is -2.49. The topological polar surface area (TPSA) is 54.3 Å². The van der Waals surface area contributed by atoms with Crippen LogP contribution in [0.2, 0.25) is 0 Å². The number of carbonyl (C=O) groups is 1. The van der Waals surface area contributed by atoms with Gasteiger partial charge in [-0.3, -0.25) is 4.79 Å². The molecule has 0 saturated carbocycles. The molecule has 1 aliphatic rings. The van der Waals surface area contributed by atoms with Crippen LogP contribution in [-0.4, -0.2) is 51.8 Å². The molecule has 1 saturated heterocycles. The second-order valence-corrected chi connectivity index (χ2v) is 9.47. The molecule has 176 valence electrons. The van der Waals surface area contributed by atoms with Gasteiger partial charge < -0.3 is 9.80 Å². The molecule has 0 aliphatic carbocycles. The van der Waals surface area contributed by atoms with Gasteiger partial charge in [0.2, 0.25) is 11.0 Å². The molecule has 0 spiro atoms. The molecule has 1 fully saturated rings. The maximum absolute atomic E-state index is 13.0. The Hall–Kier alpha value is -2.88. The second kappa shape index (κ2) is 8.81. The second-order valence-electron chi connectivity index (χ2n) is 8.29. The number of carbonyl (C=O) groups excluding carboxylic acids is 1. The highest BCUT2D eigenvalue weighted by molar-refractivity contribution is 7.14. The highest BCUT2D eigenvalue weighted by Crippen LogP contribution is 2.32. The molecule has 0 N–H and O–H groups in total. The number of aromatic nitrogens is 3. The fourth-order valence-corrected chi connectivity index (χ4v) is 4.93. The number of anilines is 1. The Kier molecular flexibility index (Phi) is 6.22. The number of hydrogen-bond acceptors (Lipinski definition) is 5. The van der Waals surface area contributed by atoms with Gasteiger partial charge in [0.1, 0.15) is 0 Å². The van der Waals surface area contributed by atoms with Crippen LogP contribution in [0.4, 0.5) is 18.9 Å². The van der Waals surface area contributed by atoms with Crippen LogP contribution < -0.4 is 4.90 Å². The van der Waals surface area contributed by atoms with E-state index in [1.54, 1.807) is 27.0 Å². The summed E-state index contributed by atoms with van der Waals surface area (Å²) in [5, 5.41) is 5.40. The Morgan fingerprint density at radius 2 is 1.76 bits per heavy atom. The van der Waals surface area contributed by atoms with Gasteiger partial charge >= 0.3 is 6.18 Å². The number of amides is 1. The molecule has 3 aromatic rings. The number of hydrogen-bond donors (Lipinski definition) is 0. The van der Waals surface area contributed by atoms with Gasteiger partial charge in [0.05, 0.1) is 23.4 Å². The van der Waals surface area contributed by atoms with Crippen LogP contribution in [0, 0.1) is 27.7 Å². The van der Waals surface area contributed by atoms with Crippen molar-refractivity contribution in [1.29, 1.82) is 0 Å². The highest BCUT2D eigenvalue weighted by atomic mass is 32.1. The monoisotopic (exact) mass is 477 g/mol. The van der Waals surface area contributed by atoms with Gasteiger partial charge in [-0.25, -0.2) is 9.67 Å². The summed E-state index contributed by atoms with van der Waals surface area (Å²) in [6.45, 7) is 9.73. The highest BCUT2D eigenvalue weighted by Gasteiger charge is 2.31. The van der Waals surface area contributed by atoms with Crippen molar-refractivity contribution in [2.24, 2.45) is 0 Å². The number of halogens is 3. The summed E-state index contributed by atoms with van der Waals surface area (Å²) in [7, 11) is 0. The number of thiazole rings is 1. The minimum Gasteiger partial charge on any atom is -0.368 e. The van der Waals surface area contributed by atoms with Crippen LogP contribution in [0.25, 0.3) is 5.13 Å². The molecule has 0 bridgehead atoms. The van der Waals surface area contributed by atoms with E-state index in [1.807, 2.05) is 32.6 Å². The van der Waals surface area contributed by atoms with E-state index in [-0.39, 0.29) is 12.3 Å². The summed E-state index contributed by atoms with van der Waals surface area (Å²) >= 11 is 1.57. The van der Waals surface area contributed by atoms with Crippen LogP contribution in [0.15, 0.2) is 24.3 Å². The van der Waals surface area contributed by atoms with Crippen LogP contribution in [0.3, 0.4) is 0 Å². The third-order valence-electron chi connectivity index (χ3n) is 6.14. The predicted molar refractivity (Wildman–Crippen MR) is 122 cm³/mol. The first kappa shape index (κ1) is 23.3. The lowest BCUT2D eigenvalue weighted by atomic mass is 10.1. The molecule has 0 atom stereocenters. The zero-order valence-electron chi connectivity index (χ0n) is 19.0. The van der Waals surface area contributed by atoms with E-state index in [0.717, 1.165) is 38.7 Å². The van der Waals surface area contributed by atoms with Gasteiger partial charge in [-0.15, -0.1) is 0 Å². The van der Waals surface area contributed by atoms with Crippen molar-refractivity contribution in [3.05, 3.63) is 57.4 Å². The summed E-state index contributed by atoms with van der Waals surface area (Å²) in [6, 6.07) is 5.34. The minimum atomic E-state index is -4.37. The van der Waals surface area contributed by atoms with Crippen molar-refractivity contribution in [2.75, 3.05) is 31.1 Å². The minimum absolute atomic E-state index is 0.00376. The van der Waals surface area contributed by atoms with Gasteiger partial charge in [0.15, 0.2) is 0 Å². The van der Waals surface area contributed by atoms with Gasteiger partial charge in [-0.05, 0) is 45.9 Å². The summed E-state index contributed by atoms with van der Waals surface area (Å²) in [6.07, 6.45) is -4.13. The molecule has 10 heteroatoms. The van der Waals surface area contributed by atoms with E-state index in [2.05, 4.69) is 10.1 Å². The van der Waals surface area contributed by atoms with Gasteiger partial charge in [-0.2, -0.15) is 18.3 Å². The summed E-state index contributed by atoms with van der Waals surface area (Å²) < 4.78 is 40.9. The first-order valence-electron chi connectivity index (χ1n) is 10.7. The average Bonchev–Trinajstić information content (AvgIpc) is 3.26. The van der Waals surface area contributed by atoms with Crippen molar-refractivity contribution >= 4 is 22.9 Å². The number of piperazine rings is 1. The quantitative estimate of drug-likeness (QED) is 0.556. The van der Waals surface area contributed by atoms with E-state index in [0.29, 0.717) is 31.9 Å². The zero-order chi connectivity index (χ0) is 23.9. The van der Waals surface area contributed by atoms with E-state index in [9.17, 15) is 18.0 Å². The lowest BCUT2D eigenvalue weighted by Gasteiger charge is -2.36. The fraction of sp³-hybridized carbons (Fsp3) is 0.435. The molecule has 2 aromatic heterocycles. The van der Waals surface area contributed by atoms with Crippen molar-refractivity contribution in [3.63, 3.8) is 0 Å². The van der Waals surface area contributed by atoms with Gasteiger partial charge in [0.25, 0.3) is 0 Å². The van der Waals surface area contributed by atoms with Crippen LogP contribution in [-0.2, 0) is 17.4 Å². The number of nitrogens with zero attached hydrogens (tertiary/aromatic N) is 5. The fourth-order valence-electron chi connectivity index (χ4n) is 4.02. The van der Waals surface area contributed by atoms with Crippen LogP contribution >= 0.6 is 11.3 Å². The Morgan fingerprint density at radius 3 is 2.36 bits per heavy atom. The largest absolute Gasteiger partial charge is 0.416 e. The van der Waals surface area contributed by atoms with Crippen LogP contribution in [0.1, 0.15) is 33.1 Å². The van der Waals surface area contributed by atoms with Gasteiger partial charge in [-0.1, -0.05) is 17.4 Å². The summed E-state index contributed by atoms with van der Waals surface area (Å²) in [4.78, 5) is 22.4. The molecule has 3 heterocycles. The molecular weight excluding hydrogens is 451 g/mol. The Bertz CT molecular complexity index is 1160. The van der Waals surface area contributed by atoms with E-state index < -0.39 is 11.7 Å². The third kappa shape index (κ3) is 4.75. The maximum atomic E-state index is 13.0. The molecule has 0 unspecified atom stereocenters. The molecule has 1 aromatic carbocycles. The number of rotatable bonds is 4.